The van der Waals surface area contributed by atoms with Crippen LogP contribution in [0, 0.1) is 17.6 Å². The molecule has 3 aliphatic rings. The van der Waals surface area contributed by atoms with Crippen molar-refractivity contribution in [3.05, 3.63) is 108 Å². The average Bonchev–Trinajstić information content (AvgIpc) is 3.68. The summed E-state index contributed by atoms with van der Waals surface area (Å²) in [5.41, 5.74) is 2.83. The number of aromatic amines is 2. The lowest BCUT2D eigenvalue weighted by Gasteiger charge is -2.28. The smallest absolute Gasteiger partial charge is 0.407 e. The molecule has 4 amide bonds. The number of amides is 4. The van der Waals surface area contributed by atoms with Gasteiger partial charge in [-0.05, 0) is 85.4 Å². The van der Waals surface area contributed by atoms with Gasteiger partial charge in [-0.15, -0.1) is 0 Å². The molecular formula is C42H42F2N8O6. The van der Waals surface area contributed by atoms with E-state index < -0.39 is 48.0 Å². The molecular weight excluding hydrogens is 751 g/mol. The van der Waals surface area contributed by atoms with Crippen molar-refractivity contribution in [2.45, 2.75) is 62.7 Å². The molecule has 2 aliphatic heterocycles. The number of carbonyl (C=O) groups excluding carboxylic acids is 3. The summed E-state index contributed by atoms with van der Waals surface area (Å²) in [6.07, 6.45) is 5.32. The summed E-state index contributed by atoms with van der Waals surface area (Å²) in [5, 5.41) is 14.3. The van der Waals surface area contributed by atoms with Gasteiger partial charge in [-0.2, -0.15) is 0 Å². The zero-order chi connectivity index (χ0) is 40.5. The largest absolute Gasteiger partial charge is 0.465 e. The van der Waals surface area contributed by atoms with Crippen molar-refractivity contribution in [2.75, 3.05) is 20.2 Å². The summed E-state index contributed by atoms with van der Waals surface area (Å²) >= 11 is 0. The third-order valence-corrected chi connectivity index (χ3v) is 11.2. The number of alkyl carbamates (subject to hydrolysis) is 1. The van der Waals surface area contributed by atoms with E-state index in [4.69, 9.17) is 4.74 Å². The lowest BCUT2D eigenvalue weighted by Crippen LogP contribution is -2.49. The van der Waals surface area contributed by atoms with E-state index >= 15 is 8.78 Å². The summed E-state index contributed by atoms with van der Waals surface area (Å²) in [7, 11) is 1.23. The molecule has 2 saturated heterocycles. The molecule has 5 N–H and O–H groups in total. The number of aromatic nitrogens is 4. The van der Waals surface area contributed by atoms with E-state index in [9.17, 15) is 24.3 Å². The SMILES string of the molecule is COC(=O)N[C@@H](C(=O)N1CCC[C@H]1c1ncc(-c2ccc(-c3ccc(-c4cnc([C@@H]5CCCN5C(=O)[C@@H](NC(=O)O)C5CC5)[nH]4)c(F)c3)cc2F)[nH]1)c1ccccc1. The van der Waals surface area contributed by atoms with Gasteiger partial charge in [0.05, 0.1) is 43.0 Å². The number of carbonyl (C=O) groups is 4. The first-order chi connectivity index (χ1) is 28.1. The van der Waals surface area contributed by atoms with E-state index in [-0.39, 0.29) is 28.9 Å². The van der Waals surface area contributed by atoms with Crippen molar-refractivity contribution in [2.24, 2.45) is 5.92 Å². The van der Waals surface area contributed by atoms with E-state index in [2.05, 4.69) is 30.6 Å². The molecule has 4 heterocycles. The summed E-state index contributed by atoms with van der Waals surface area (Å²) in [6, 6.07) is 15.5. The number of carboxylic acid groups (broad SMARTS) is 1. The highest BCUT2D eigenvalue weighted by Gasteiger charge is 2.43. The lowest BCUT2D eigenvalue weighted by molar-refractivity contribution is -0.135. The number of hydrogen-bond acceptors (Lipinski definition) is 7. The number of imidazole rings is 2. The Kier molecular flexibility index (Phi) is 10.6. The van der Waals surface area contributed by atoms with Crippen LogP contribution in [0.3, 0.4) is 0 Å². The molecule has 4 atom stereocenters. The number of H-pyrrole nitrogens is 2. The van der Waals surface area contributed by atoms with E-state index in [0.717, 1.165) is 19.3 Å². The topological polar surface area (TPSA) is 186 Å². The summed E-state index contributed by atoms with van der Waals surface area (Å²) in [5.74, 6) is -0.742. The van der Waals surface area contributed by atoms with Gasteiger partial charge < -0.3 is 40.2 Å². The highest BCUT2D eigenvalue weighted by Crippen LogP contribution is 2.39. The predicted molar refractivity (Wildman–Crippen MR) is 207 cm³/mol. The average molecular weight is 793 g/mol. The number of nitrogens with one attached hydrogen (secondary N) is 4. The minimum atomic E-state index is -1.24. The molecule has 0 spiro atoms. The highest BCUT2D eigenvalue weighted by molar-refractivity contribution is 5.88. The van der Waals surface area contributed by atoms with Gasteiger partial charge in [0, 0.05) is 24.2 Å². The molecule has 58 heavy (non-hydrogen) atoms. The van der Waals surface area contributed by atoms with E-state index in [1.54, 1.807) is 58.3 Å². The van der Waals surface area contributed by atoms with E-state index in [1.165, 1.54) is 31.6 Å². The Bertz CT molecular complexity index is 2350. The molecule has 0 radical (unpaired) electrons. The molecule has 5 aromatic rings. The molecule has 300 valence electrons. The normalized spacial score (nSPS) is 18.8. The van der Waals surface area contributed by atoms with Crippen LogP contribution in [0.2, 0.25) is 0 Å². The first kappa shape index (κ1) is 38.3. The van der Waals surface area contributed by atoms with E-state index in [0.29, 0.717) is 72.1 Å². The van der Waals surface area contributed by atoms with Gasteiger partial charge in [0.15, 0.2) is 0 Å². The van der Waals surface area contributed by atoms with Gasteiger partial charge in [0.1, 0.15) is 35.4 Å². The molecule has 3 fully saturated rings. The molecule has 0 bridgehead atoms. The van der Waals surface area contributed by atoms with Crippen molar-refractivity contribution in [1.82, 2.24) is 40.4 Å². The van der Waals surface area contributed by atoms with Crippen LogP contribution >= 0.6 is 0 Å². The second-order valence-electron chi connectivity index (χ2n) is 14.9. The fraction of sp³-hybridized carbons (Fsp3) is 0.333. The number of ether oxygens (including phenoxy) is 1. The third-order valence-electron chi connectivity index (χ3n) is 11.2. The Morgan fingerprint density at radius 2 is 1.29 bits per heavy atom. The van der Waals surface area contributed by atoms with Crippen molar-refractivity contribution >= 4 is 24.0 Å². The minimum absolute atomic E-state index is 0.0154. The van der Waals surface area contributed by atoms with Gasteiger partial charge in [-0.1, -0.05) is 42.5 Å². The van der Waals surface area contributed by atoms with Crippen molar-refractivity contribution in [3.63, 3.8) is 0 Å². The van der Waals surface area contributed by atoms with Crippen molar-refractivity contribution in [1.29, 1.82) is 0 Å². The maximum Gasteiger partial charge on any atom is 0.407 e. The van der Waals surface area contributed by atoms with Crippen LogP contribution in [0.15, 0.2) is 79.1 Å². The Hall–Kier alpha value is -6.58. The maximum atomic E-state index is 15.8. The number of benzene rings is 3. The maximum absolute atomic E-state index is 15.8. The predicted octanol–water partition coefficient (Wildman–Crippen LogP) is 6.88. The standard InChI is InChI=1S/C42H42F2N8O6/c1-58-42(57)50-36(23-7-3-2-4-8-23)40(54)52-18-6-10-34(52)38-46-22-32(48-38)28-16-14-26(20-30(28)44)25-13-15-27(29(43)19-25)31-21-45-37(47-31)33-9-5-17-51(33)39(53)35(24-11-12-24)49-41(55)56/h2-4,7-8,13-16,19-22,24,33-36,49H,5-6,9-12,17-18H2,1H3,(H,45,47)(H,46,48)(H,50,57)(H,55,56)/t33-,34-,35-,36+/m0/s1. The number of halogens is 2. The number of likely N-dealkylation sites (tertiary alicyclic amines) is 2. The highest BCUT2D eigenvalue weighted by atomic mass is 19.1. The first-order valence-electron chi connectivity index (χ1n) is 19.3. The summed E-state index contributed by atoms with van der Waals surface area (Å²) in [6.45, 7) is 0.915. The number of rotatable bonds is 11. The molecule has 2 aromatic heterocycles. The van der Waals surface area contributed by atoms with Gasteiger partial charge in [0.2, 0.25) is 5.91 Å². The Morgan fingerprint density at radius 1 is 0.759 bits per heavy atom. The van der Waals surface area contributed by atoms with Crippen molar-refractivity contribution < 1.29 is 37.8 Å². The quantitative estimate of drug-likeness (QED) is 0.0958. The molecule has 1 aliphatic carbocycles. The van der Waals surface area contributed by atoms with Crippen LogP contribution in [-0.4, -0.2) is 85.1 Å². The van der Waals surface area contributed by atoms with Gasteiger partial charge in [-0.3, -0.25) is 9.59 Å². The Balaban J connectivity index is 0.962. The molecule has 14 nitrogen and oxygen atoms in total. The molecule has 1 saturated carbocycles. The fourth-order valence-electron chi connectivity index (χ4n) is 8.14. The molecule has 8 rings (SSSR count). The summed E-state index contributed by atoms with van der Waals surface area (Å²) < 4.78 is 36.3. The zero-order valence-corrected chi connectivity index (χ0v) is 31.6. The van der Waals surface area contributed by atoms with Gasteiger partial charge >= 0.3 is 12.2 Å². The minimum Gasteiger partial charge on any atom is -0.465 e. The van der Waals surface area contributed by atoms with Crippen LogP contribution in [0.4, 0.5) is 18.4 Å². The van der Waals surface area contributed by atoms with Crippen LogP contribution in [0.5, 0.6) is 0 Å². The number of hydrogen-bond donors (Lipinski definition) is 5. The number of methoxy groups -OCH3 is 1. The molecule has 3 aromatic carbocycles. The lowest BCUT2D eigenvalue weighted by atomic mass is 10.00. The molecule has 0 unspecified atom stereocenters. The van der Waals surface area contributed by atoms with Crippen LogP contribution in [-0.2, 0) is 14.3 Å². The summed E-state index contributed by atoms with van der Waals surface area (Å²) in [4.78, 5) is 69.5. The van der Waals surface area contributed by atoms with Crippen molar-refractivity contribution in [3.8, 4) is 33.6 Å². The Labute approximate surface area is 332 Å². The third kappa shape index (κ3) is 7.73. The fourth-order valence-corrected chi connectivity index (χ4v) is 8.14. The first-order valence-corrected chi connectivity index (χ1v) is 19.3. The zero-order valence-electron chi connectivity index (χ0n) is 31.6. The second kappa shape index (κ2) is 16.1. The Morgan fingerprint density at radius 3 is 1.78 bits per heavy atom. The van der Waals surface area contributed by atoms with Gasteiger partial charge in [-0.25, -0.2) is 28.3 Å². The second-order valence-corrected chi connectivity index (χ2v) is 14.9. The van der Waals surface area contributed by atoms with E-state index in [1.807, 2.05) is 6.07 Å². The van der Waals surface area contributed by atoms with Crippen LogP contribution < -0.4 is 10.6 Å². The monoisotopic (exact) mass is 792 g/mol. The van der Waals surface area contributed by atoms with Crippen LogP contribution in [0.1, 0.15) is 73.9 Å². The van der Waals surface area contributed by atoms with Gasteiger partial charge in [0.25, 0.3) is 5.91 Å². The molecule has 16 heteroatoms. The number of nitrogens with zero attached hydrogens (tertiary/aromatic N) is 4. The van der Waals surface area contributed by atoms with Crippen LogP contribution in [0.25, 0.3) is 33.6 Å².